The molecule has 176 valence electrons. The van der Waals surface area contributed by atoms with Gasteiger partial charge in [0.2, 0.25) is 11.9 Å². The van der Waals surface area contributed by atoms with Crippen molar-refractivity contribution in [3.63, 3.8) is 0 Å². The lowest BCUT2D eigenvalue weighted by Gasteiger charge is -2.34. The van der Waals surface area contributed by atoms with Crippen molar-refractivity contribution in [2.45, 2.75) is 19.8 Å². The van der Waals surface area contributed by atoms with Crippen LogP contribution in [-0.2, 0) is 19.1 Å². The molecule has 0 bridgehead atoms. The van der Waals surface area contributed by atoms with Crippen molar-refractivity contribution in [1.29, 1.82) is 0 Å². The third kappa shape index (κ3) is 5.98. The van der Waals surface area contributed by atoms with Crippen LogP contribution >= 0.6 is 0 Å². The van der Waals surface area contributed by atoms with Crippen molar-refractivity contribution in [3.05, 3.63) is 36.5 Å². The summed E-state index contributed by atoms with van der Waals surface area (Å²) in [4.78, 5) is 39.3. The molecule has 2 saturated heterocycles. The van der Waals surface area contributed by atoms with Gasteiger partial charge in [0.05, 0.1) is 31.9 Å². The Labute approximate surface area is 194 Å². The van der Waals surface area contributed by atoms with Gasteiger partial charge in [-0.1, -0.05) is 12.1 Å². The van der Waals surface area contributed by atoms with E-state index in [2.05, 4.69) is 39.0 Å². The normalized spacial score (nSPS) is 16.6. The number of morpholine rings is 1. The van der Waals surface area contributed by atoms with Gasteiger partial charge in [0.25, 0.3) is 0 Å². The summed E-state index contributed by atoms with van der Waals surface area (Å²) in [6, 6.07) is 10.4. The Kier molecular flexibility index (Phi) is 7.72. The van der Waals surface area contributed by atoms with E-state index in [-0.39, 0.29) is 24.7 Å². The van der Waals surface area contributed by atoms with E-state index in [1.54, 1.807) is 18.0 Å². The standard InChI is InChI=1S/C24H31N5O4/c1-2-33-23(31)8-7-22(30)28-11-13-29(14-12-28)24-25-10-9-21(26-24)19-3-5-20(6-4-19)27-15-17-32-18-16-27/h3-6,9-10H,2,7-8,11-18H2,1H3. The van der Waals surface area contributed by atoms with Crippen LogP contribution in [0.25, 0.3) is 11.3 Å². The molecule has 9 nitrogen and oxygen atoms in total. The summed E-state index contributed by atoms with van der Waals surface area (Å²) in [5.74, 6) is 0.328. The molecule has 4 rings (SSSR count). The zero-order chi connectivity index (χ0) is 23.0. The Morgan fingerprint density at radius 1 is 0.939 bits per heavy atom. The van der Waals surface area contributed by atoms with Gasteiger partial charge >= 0.3 is 5.97 Å². The van der Waals surface area contributed by atoms with Gasteiger partial charge in [0.1, 0.15) is 0 Å². The Hall–Kier alpha value is -3.20. The maximum atomic E-state index is 12.4. The molecule has 2 aliphatic heterocycles. The minimum atomic E-state index is -0.326. The summed E-state index contributed by atoms with van der Waals surface area (Å²) in [6.07, 6.45) is 2.10. The topological polar surface area (TPSA) is 88.1 Å². The lowest BCUT2D eigenvalue weighted by molar-refractivity contribution is -0.145. The zero-order valence-corrected chi connectivity index (χ0v) is 19.1. The Bertz CT molecular complexity index is 938. The second-order valence-corrected chi connectivity index (χ2v) is 8.06. The highest BCUT2D eigenvalue weighted by Gasteiger charge is 2.23. The molecule has 2 aliphatic rings. The molecule has 1 aromatic carbocycles. The van der Waals surface area contributed by atoms with Crippen LogP contribution in [0.3, 0.4) is 0 Å². The first-order chi connectivity index (χ1) is 16.1. The number of benzene rings is 1. The predicted octanol–water partition coefficient (Wildman–Crippen LogP) is 1.97. The van der Waals surface area contributed by atoms with Crippen molar-refractivity contribution in [2.24, 2.45) is 0 Å². The van der Waals surface area contributed by atoms with Crippen LogP contribution in [0.5, 0.6) is 0 Å². The summed E-state index contributed by atoms with van der Waals surface area (Å²) in [5.41, 5.74) is 3.12. The quantitative estimate of drug-likeness (QED) is 0.588. The van der Waals surface area contributed by atoms with Crippen molar-refractivity contribution < 1.29 is 19.1 Å². The number of esters is 1. The molecule has 2 fully saturated rings. The highest BCUT2D eigenvalue weighted by atomic mass is 16.5. The molecule has 0 unspecified atom stereocenters. The number of ether oxygens (including phenoxy) is 2. The van der Waals surface area contributed by atoms with Gasteiger partial charge in [-0.05, 0) is 25.1 Å². The minimum absolute atomic E-state index is 0.0160. The van der Waals surface area contributed by atoms with Crippen LogP contribution in [-0.4, -0.2) is 85.8 Å². The van der Waals surface area contributed by atoms with E-state index in [0.717, 1.165) is 37.6 Å². The molecule has 1 amide bonds. The van der Waals surface area contributed by atoms with Crippen LogP contribution in [0.1, 0.15) is 19.8 Å². The van der Waals surface area contributed by atoms with Crippen molar-refractivity contribution in [2.75, 3.05) is 68.9 Å². The van der Waals surface area contributed by atoms with Crippen molar-refractivity contribution in [3.8, 4) is 11.3 Å². The van der Waals surface area contributed by atoms with Gasteiger partial charge in [0.15, 0.2) is 0 Å². The van der Waals surface area contributed by atoms with E-state index in [9.17, 15) is 9.59 Å². The fraction of sp³-hybridized carbons (Fsp3) is 0.500. The first-order valence-electron chi connectivity index (χ1n) is 11.6. The van der Waals surface area contributed by atoms with E-state index in [0.29, 0.717) is 38.7 Å². The number of hydrogen-bond acceptors (Lipinski definition) is 8. The number of amides is 1. The molecule has 33 heavy (non-hydrogen) atoms. The molecular weight excluding hydrogens is 422 g/mol. The number of carbonyl (C=O) groups is 2. The monoisotopic (exact) mass is 453 g/mol. The first kappa shape index (κ1) is 23.0. The lowest BCUT2D eigenvalue weighted by Crippen LogP contribution is -2.49. The van der Waals surface area contributed by atoms with Crippen LogP contribution in [0.15, 0.2) is 36.5 Å². The maximum Gasteiger partial charge on any atom is 0.306 e. The highest BCUT2D eigenvalue weighted by Crippen LogP contribution is 2.24. The zero-order valence-electron chi connectivity index (χ0n) is 19.1. The molecule has 0 saturated carbocycles. The van der Waals surface area contributed by atoms with Gasteiger partial charge in [-0.15, -0.1) is 0 Å². The lowest BCUT2D eigenvalue weighted by atomic mass is 10.1. The van der Waals surface area contributed by atoms with Crippen LogP contribution < -0.4 is 9.80 Å². The number of rotatable bonds is 7. The molecular formula is C24H31N5O4. The smallest absolute Gasteiger partial charge is 0.306 e. The molecule has 0 spiro atoms. The summed E-state index contributed by atoms with van der Waals surface area (Å²) in [7, 11) is 0. The van der Waals surface area contributed by atoms with Crippen molar-refractivity contribution in [1.82, 2.24) is 14.9 Å². The second-order valence-electron chi connectivity index (χ2n) is 8.06. The Morgan fingerprint density at radius 2 is 1.67 bits per heavy atom. The average molecular weight is 454 g/mol. The summed E-state index contributed by atoms with van der Waals surface area (Å²) >= 11 is 0. The van der Waals surface area contributed by atoms with Gasteiger partial charge in [0, 0.05) is 63.1 Å². The molecule has 3 heterocycles. The molecule has 0 atom stereocenters. The number of piperazine rings is 1. The number of anilines is 2. The van der Waals surface area contributed by atoms with Gasteiger partial charge in [-0.3, -0.25) is 9.59 Å². The van der Waals surface area contributed by atoms with E-state index < -0.39 is 0 Å². The third-order valence-electron chi connectivity index (χ3n) is 5.95. The van der Waals surface area contributed by atoms with Crippen molar-refractivity contribution >= 4 is 23.5 Å². The van der Waals surface area contributed by atoms with Gasteiger partial charge < -0.3 is 24.2 Å². The SMILES string of the molecule is CCOC(=O)CCC(=O)N1CCN(c2nccc(-c3ccc(N4CCOCC4)cc3)n2)CC1. The summed E-state index contributed by atoms with van der Waals surface area (Å²) in [6.45, 7) is 7.94. The highest BCUT2D eigenvalue weighted by molar-refractivity contribution is 5.81. The van der Waals surface area contributed by atoms with E-state index in [1.807, 2.05) is 6.07 Å². The molecule has 0 N–H and O–H groups in total. The number of nitrogens with zero attached hydrogens (tertiary/aromatic N) is 5. The van der Waals surface area contributed by atoms with Crippen LogP contribution in [0.2, 0.25) is 0 Å². The maximum absolute atomic E-state index is 12.4. The molecule has 9 heteroatoms. The predicted molar refractivity (Wildman–Crippen MR) is 125 cm³/mol. The average Bonchev–Trinajstić information content (AvgIpc) is 2.88. The first-order valence-corrected chi connectivity index (χ1v) is 11.6. The fourth-order valence-corrected chi connectivity index (χ4v) is 4.08. The van der Waals surface area contributed by atoms with E-state index in [4.69, 9.17) is 14.5 Å². The summed E-state index contributed by atoms with van der Waals surface area (Å²) < 4.78 is 10.3. The summed E-state index contributed by atoms with van der Waals surface area (Å²) in [5, 5.41) is 0. The molecule has 2 aromatic rings. The van der Waals surface area contributed by atoms with E-state index >= 15 is 0 Å². The Balaban J connectivity index is 1.33. The Morgan fingerprint density at radius 3 is 2.36 bits per heavy atom. The van der Waals surface area contributed by atoms with E-state index in [1.165, 1.54) is 5.69 Å². The van der Waals surface area contributed by atoms with Crippen LogP contribution in [0.4, 0.5) is 11.6 Å². The number of carbonyl (C=O) groups excluding carboxylic acids is 2. The third-order valence-corrected chi connectivity index (χ3v) is 5.95. The molecule has 1 aromatic heterocycles. The molecule has 0 aliphatic carbocycles. The fourth-order valence-electron chi connectivity index (χ4n) is 4.08. The van der Waals surface area contributed by atoms with Gasteiger partial charge in [-0.2, -0.15) is 0 Å². The van der Waals surface area contributed by atoms with Gasteiger partial charge in [-0.25, -0.2) is 9.97 Å². The molecule has 0 radical (unpaired) electrons. The van der Waals surface area contributed by atoms with Crippen LogP contribution in [0, 0.1) is 0 Å². The number of aromatic nitrogens is 2. The minimum Gasteiger partial charge on any atom is -0.466 e. The largest absolute Gasteiger partial charge is 0.466 e. The second kappa shape index (κ2) is 11.1. The number of hydrogen-bond donors (Lipinski definition) is 0.